The highest BCUT2D eigenvalue weighted by molar-refractivity contribution is 7.89. The maximum absolute atomic E-state index is 11.5. The summed E-state index contributed by atoms with van der Waals surface area (Å²) in [6.45, 7) is 11.0. The molecule has 3 nitrogen and oxygen atoms in total. The summed E-state index contributed by atoms with van der Waals surface area (Å²) in [6, 6.07) is 0. The van der Waals surface area contributed by atoms with E-state index in [0.717, 1.165) is 0 Å². The number of rotatable bonds is 7. The van der Waals surface area contributed by atoms with Gasteiger partial charge in [-0.15, -0.1) is 19.7 Å². The Hall–Kier alpha value is -0.870. The molecular weight excluding hydrogens is 186 g/mol. The van der Waals surface area contributed by atoms with Gasteiger partial charge >= 0.3 is 0 Å². The van der Waals surface area contributed by atoms with Gasteiger partial charge in [0.2, 0.25) is 10.0 Å². The Morgan fingerprint density at radius 3 is 1.77 bits per heavy atom. The molecule has 0 aliphatic carbocycles. The zero-order chi connectivity index (χ0) is 10.3. The van der Waals surface area contributed by atoms with E-state index in [4.69, 9.17) is 0 Å². The zero-order valence-corrected chi connectivity index (χ0v) is 8.46. The summed E-state index contributed by atoms with van der Waals surface area (Å²) in [5.41, 5.74) is 0. The minimum Gasteiger partial charge on any atom is -0.212 e. The summed E-state index contributed by atoms with van der Waals surface area (Å²) in [6.07, 6.45) is 4.46. The molecule has 0 saturated carbocycles. The molecule has 74 valence electrons. The van der Waals surface area contributed by atoms with Gasteiger partial charge in [-0.25, -0.2) is 8.42 Å². The third-order valence-electron chi connectivity index (χ3n) is 1.39. The smallest absolute Gasteiger partial charge is 0.212 e. The first-order valence-corrected chi connectivity index (χ1v) is 5.50. The van der Waals surface area contributed by atoms with E-state index in [0.29, 0.717) is 13.1 Å². The van der Waals surface area contributed by atoms with Crippen LogP contribution in [0.3, 0.4) is 0 Å². The molecule has 0 aliphatic rings. The lowest BCUT2D eigenvalue weighted by molar-refractivity contribution is 0.477. The molecule has 0 bridgehead atoms. The van der Waals surface area contributed by atoms with Crippen molar-refractivity contribution in [3.63, 3.8) is 0 Å². The third-order valence-corrected chi connectivity index (χ3v) is 3.13. The molecule has 0 radical (unpaired) electrons. The second kappa shape index (κ2) is 5.72. The highest BCUT2D eigenvalue weighted by Gasteiger charge is 2.16. The molecule has 0 N–H and O–H groups in total. The van der Waals surface area contributed by atoms with E-state index in [1.54, 1.807) is 12.2 Å². The maximum Gasteiger partial charge on any atom is 0.218 e. The highest BCUT2D eigenvalue weighted by atomic mass is 32.2. The molecule has 0 aromatic rings. The molecule has 0 saturated heterocycles. The summed E-state index contributed by atoms with van der Waals surface area (Å²) in [5.74, 6) is -0.0469. The molecule has 0 unspecified atom stereocenters. The fourth-order valence-corrected chi connectivity index (χ4v) is 2.02. The van der Waals surface area contributed by atoms with E-state index in [9.17, 15) is 8.42 Å². The molecular formula is C9H15NO2S. The summed E-state index contributed by atoms with van der Waals surface area (Å²) in [4.78, 5) is 0. The zero-order valence-electron chi connectivity index (χ0n) is 7.65. The van der Waals surface area contributed by atoms with Crippen molar-refractivity contribution in [2.45, 2.75) is 0 Å². The van der Waals surface area contributed by atoms with Crippen LogP contribution >= 0.6 is 0 Å². The van der Waals surface area contributed by atoms with Crippen molar-refractivity contribution < 1.29 is 8.42 Å². The first-order chi connectivity index (χ1) is 6.08. The average molecular weight is 201 g/mol. The molecule has 0 atom stereocenters. The van der Waals surface area contributed by atoms with Crippen molar-refractivity contribution in [3.05, 3.63) is 38.0 Å². The normalized spacial score (nSPS) is 11.2. The van der Waals surface area contributed by atoms with Crippen LogP contribution in [-0.4, -0.2) is 31.6 Å². The highest BCUT2D eigenvalue weighted by Crippen LogP contribution is 2.01. The molecule has 4 heteroatoms. The molecule has 0 aromatic heterocycles. The second-order valence-electron chi connectivity index (χ2n) is 2.46. The van der Waals surface area contributed by atoms with E-state index >= 15 is 0 Å². The van der Waals surface area contributed by atoms with Crippen LogP contribution in [0.2, 0.25) is 0 Å². The Morgan fingerprint density at radius 1 is 1.00 bits per heavy atom. The van der Waals surface area contributed by atoms with Gasteiger partial charge in [0.25, 0.3) is 0 Å². The van der Waals surface area contributed by atoms with Crippen molar-refractivity contribution in [2.24, 2.45) is 0 Å². The van der Waals surface area contributed by atoms with Gasteiger partial charge in [-0.05, 0) is 0 Å². The monoisotopic (exact) mass is 201 g/mol. The largest absolute Gasteiger partial charge is 0.218 e. The van der Waals surface area contributed by atoms with Crippen LogP contribution < -0.4 is 0 Å². The van der Waals surface area contributed by atoms with Crippen LogP contribution in [-0.2, 0) is 10.0 Å². The number of hydrogen-bond acceptors (Lipinski definition) is 2. The summed E-state index contributed by atoms with van der Waals surface area (Å²) >= 11 is 0. The van der Waals surface area contributed by atoms with Crippen LogP contribution in [0.4, 0.5) is 0 Å². The second-order valence-corrected chi connectivity index (χ2v) is 4.48. The molecule has 0 aromatic carbocycles. The Kier molecular flexibility index (Phi) is 5.34. The fourth-order valence-electron chi connectivity index (χ4n) is 0.844. The SMILES string of the molecule is C=CCN(CC=C)S(=O)(=O)CC=C. The van der Waals surface area contributed by atoms with E-state index in [-0.39, 0.29) is 5.75 Å². The van der Waals surface area contributed by atoms with Gasteiger partial charge in [0.05, 0.1) is 5.75 Å². The van der Waals surface area contributed by atoms with Crippen molar-refractivity contribution >= 4 is 10.0 Å². The minimum absolute atomic E-state index is 0.0469. The van der Waals surface area contributed by atoms with Gasteiger partial charge in [-0.2, -0.15) is 4.31 Å². The van der Waals surface area contributed by atoms with E-state index in [1.807, 2.05) is 0 Å². The number of hydrogen-bond donors (Lipinski definition) is 0. The predicted octanol–water partition coefficient (Wildman–Crippen LogP) is 1.18. The summed E-state index contributed by atoms with van der Waals surface area (Å²) < 4.78 is 24.2. The minimum atomic E-state index is -3.22. The number of nitrogens with zero attached hydrogens (tertiary/aromatic N) is 1. The van der Waals surface area contributed by atoms with Crippen LogP contribution in [0.5, 0.6) is 0 Å². The lowest BCUT2D eigenvalue weighted by Crippen LogP contribution is -2.32. The summed E-state index contributed by atoms with van der Waals surface area (Å²) in [7, 11) is -3.22. The standard InChI is InChI=1S/C9H15NO2S/c1-4-7-10(8-5-2)13(11,12)9-6-3/h4-6H,1-3,7-9H2. The molecule has 0 amide bonds. The first-order valence-electron chi connectivity index (χ1n) is 3.89. The van der Waals surface area contributed by atoms with E-state index < -0.39 is 10.0 Å². The molecule has 0 rings (SSSR count). The lowest BCUT2D eigenvalue weighted by atomic mass is 10.5. The lowest BCUT2D eigenvalue weighted by Gasteiger charge is -2.17. The predicted molar refractivity (Wildman–Crippen MR) is 56.0 cm³/mol. The first kappa shape index (κ1) is 12.1. The van der Waals surface area contributed by atoms with Crippen molar-refractivity contribution in [2.75, 3.05) is 18.8 Å². The Bertz CT molecular complexity index is 270. The maximum atomic E-state index is 11.5. The summed E-state index contributed by atoms with van der Waals surface area (Å²) in [5, 5.41) is 0. The molecule has 0 fully saturated rings. The molecule has 13 heavy (non-hydrogen) atoms. The van der Waals surface area contributed by atoms with Gasteiger partial charge in [-0.3, -0.25) is 0 Å². The topological polar surface area (TPSA) is 37.4 Å². The average Bonchev–Trinajstić information content (AvgIpc) is 2.04. The fraction of sp³-hybridized carbons (Fsp3) is 0.333. The van der Waals surface area contributed by atoms with Crippen molar-refractivity contribution in [1.29, 1.82) is 0 Å². The van der Waals surface area contributed by atoms with Crippen LogP contribution in [0, 0.1) is 0 Å². The van der Waals surface area contributed by atoms with Gasteiger partial charge < -0.3 is 0 Å². The third kappa shape index (κ3) is 4.05. The molecule has 0 spiro atoms. The van der Waals surface area contributed by atoms with Gasteiger partial charge in [0.1, 0.15) is 0 Å². The van der Waals surface area contributed by atoms with Gasteiger partial charge in [-0.1, -0.05) is 18.2 Å². The van der Waals surface area contributed by atoms with Gasteiger partial charge in [0, 0.05) is 13.1 Å². The van der Waals surface area contributed by atoms with E-state index in [1.165, 1.54) is 10.4 Å². The molecule has 0 heterocycles. The van der Waals surface area contributed by atoms with Crippen LogP contribution in [0.25, 0.3) is 0 Å². The van der Waals surface area contributed by atoms with E-state index in [2.05, 4.69) is 19.7 Å². The Balaban J connectivity index is 4.59. The van der Waals surface area contributed by atoms with Crippen LogP contribution in [0.15, 0.2) is 38.0 Å². The van der Waals surface area contributed by atoms with Crippen LogP contribution in [0.1, 0.15) is 0 Å². The van der Waals surface area contributed by atoms with Crippen molar-refractivity contribution in [3.8, 4) is 0 Å². The number of sulfonamides is 1. The van der Waals surface area contributed by atoms with Crippen molar-refractivity contribution in [1.82, 2.24) is 4.31 Å². The van der Waals surface area contributed by atoms with Gasteiger partial charge in [0.15, 0.2) is 0 Å². The quantitative estimate of drug-likeness (QED) is 0.580. The molecule has 0 aliphatic heterocycles. The Labute approximate surface area is 80.1 Å². The Morgan fingerprint density at radius 2 is 1.46 bits per heavy atom.